The monoisotopic (exact) mass is 426 g/mol. The van der Waals surface area contributed by atoms with E-state index in [1.807, 2.05) is 4.90 Å². The van der Waals surface area contributed by atoms with Crippen LogP contribution in [0.3, 0.4) is 0 Å². The highest BCUT2D eigenvalue weighted by atomic mass is 32.2. The molecule has 2 saturated heterocycles. The average Bonchev–Trinajstić information content (AvgIpc) is 3.10. The SMILES string of the molecule is CS(=O)(=O)N1CCC[C@H](C(=O)N2CCN(c3nc4ccc(F)cc4s3)CC2)C1. The van der Waals surface area contributed by atoms with Gasteiger partial charge < -0.3 is 9.80 Å². The number of rotatable bonds is 3. The molecule has 1 amide bonds. The van der Waals surface area contributed by atoms with Crippen molar-refractivity contribution in [3.05, 3.63) is 24.0 Å². The lowest BCUT2D eigenvalue weighted by Gasteiger charge is -2.38. The van der Waals surface area contributed by atoms with Gasteiger partial charge in [0.2, 0.25) is 15.9 Å². The molecule has 0 unspecified atom stereocenters. The Morgan fingerprint density at radius 2 is 1.96 bits per heavy atom. The molecule has 1 aromatic carbocycles. The van der Waals surface area contributed by atoms with E-state index in [9.17, 15) is 17.6 Å². The second-order valence-corrected chi connectivity index (χ2v) is 10.4. The summed E-state index contributed by atoms with van der Waals surface area (Å²) >= 11 is 1.46. The third kappa shape index (κ3) is 3.99. The van der Waals surface area contributed by atoms with Gasteiger partial charge in [-0.2, -0.15) is 0 Å². The van der Waals surface area contributed by atoms with E-state index < -0.39 is 10.0 Å². The third-order valence-electron chi connectivity index (χ3n) is 5.40. The van der Waals surface area contributed by atoms with Gasteiger partial charge in [0.25, 0.3) is 0 Å². The highest BCUT2D eigenvalue weighted by Gasteiger charge is 2.34. The number of benzene rings is 1. The Kier molecular flexibility index (Phi) is 5.28. The van der Waals surface area contributed by atoms with Gasteiger partial charge in [-0.05, 0) is 31.0 Å². The first kappa shape index (κ1) is 19.5. The molecule has 0 aliphatic carbocycles. The number of thiazole rings is 1. The molecule has 2 fully saturated rings. The number of anilines is 1. The van der Waals surface area contributed by atoms with Crippen LogP contribution in [0.25, 0.3) is 10.2 Å². The maximum absolute atomic E-state index is 13.4. The number of piperazine rings is 1. The smallest absolute Gasteiger partial charge is 0.227 e. The quantitative estimate of drug-likeness (QED) is 0.748. The molecule has 0 bridgehead atoms. The molecule has 0 radical (unpaired) electrons. The van der Waals surface area contributed by atoms with Gasteiger partial charge in [-0.3, -0.25) is 4.79 Å². The van der Waals surface area contributed by atoms with E-state index in [-0.39, 0.29) is 24.2 Å². The highest BCUT2D eigenvalue weighted by Crippen LogP contribution is 2.30. The van der Waals surface area contributed by atoms with Crippen molar-refractivity contribution in [3.63, 3.8) is 0 Å². The van der Waals surface area contributed by atoms with Crippen molar-refractivity contribution in [2.45, 2.75) is 12.8 Å². The second kappa shape index (κ2) is 7.57. The molecule has 0 N–H and O–H groups in total. The molecule has 1 atom stereocenters. The molecule has 28 heavy (non-hydrogen) atoms. The van der Waals surface area contributed by atoms with Crippen molar-refractivity contribution < 1.29 is 17.6 Å². The van der Waals surface area contributed by atoms with Gasteiger partial charge in [-0.15, -0.1) is 0 Å². The molecule has 0 saturated carbocycles. The van der Waals surface area contributed by atoms with Crippen LogP contribution in [0, 0.1) is 11.7 Å². The number of hydrogen-bond donors (Lipinski definition) is 0. The molecule has 1 aromatic heterocycles. The van der Waals surface area contributed by atoms with Crippen LogP contribution in [0.4, 0.5) is 9.52 Å². The van der Waals surface area contributed by atoms with Gasteiger partial charge in [0.15, 0.2) is 5.13 Å². The Bertz CT molecular complexity index is 986. The summed E-state index contributed by atoms with van der Waals surface area (Å²) in [5.74, 6) is -0.492. The fourth-order valence-electron chi connectivity index (χ4n) is 3.84. The maximum Gasteiger partial charge on any atom is 0.227 e. The summed E-state index contributed by atoms with van der Waals surface area (Å²) in [5.41, 5.74) is 0.781. The van der Waals surface area contributed by atoms with Crippen LogP contribution in [-0.4, -0.2) is 74.0 Å². The van der Waals surface area contributed by atoms with Crippen molar-refractivity contribution in [1.82, 2.24) is 14.2 Å². The Labute approximate surface area is 167 Å². The zero-order valence-corrected chi connectivity index (χ0v) is 17.3. The lowest BCUT2D eigenvalue weighted by atomic mass is 9.98. The molecule has 2 aliphatic heterocycles. The minimum Gasteiger partial charge on any atom is -0.345 e. The fourth-order valence-corrected chi connectivity index (χ4v) is 5.80. The number of hydrogen-bond acceptors (Lipinski definition) is 6. The molecule has 152 valence electrons. The summed E-state index contributed by atoms with van der Waals surface area (Å²) in [6.07, 6.45) is 2.64. The van der Waals surface area contributed by atoms with Crippen molar-refractivity contribution in [2.75, 3.05) is 50.4 Å². The molecular weight excluding hydrogens is 403 g/mol. The maximum atomic E-state index is 13.4. The Morgan fingerprint density at radius 3 is 2.68 bits per heavy atom. The lowest BCUT2D eigenvalue weighted by Crippen LogP contribution is -2.53. The van der Waals surface area contributed by atoms with Gasteiger partial charge in [-0.25, -0.2) is 22.1 Å². The zero-order valence-electron chi connectivity index (χ0n) is 15.7. The van der Waals surface area contributed by atoms with Crippen LogP contribution in [-0.2, 0) is 14.8 Å². The number of aromatic nitrogens is 1. The number of halogens is 1. The summed E-state index contributed by atoms with van der Waals surface area (Å²) in [6.45, 7) is 3.26. The van der Waals surface area contributed by atoms with Gasteiger partial charge >= 0.3 is 0 Å². The van der Waals surface area contributed by atoms with Crippen LogP contribution in [0.15, 0.2) is 18.2 Å². The van der Waals surface area contributed by atoms with Crippen LogP contribution in [0.2, 0.25) is 0 Å². The molecule has 10 heteroatoms. The van der Waals surface area contributed by atoms with Gasteiger partial charge in [0.05, 0.1) is 22.4 Å². The number of piperidine rings is 1. The van der Waals surface area contributed by atoms with E-state index in [2.05, 4.69) is 9.88 Å². The minimum atomic E-state index is -3.26. The van der Waals surface area contributed by atoms with Crippen molar-refractivity contribution in [3.8, 4) is 0 Å². The van der Waals surface area contributed by atoms with Crippen LogP contribution >= 0.6 is 11.3 Å². The van der Waals surface area contributed by atoms with E-state index in [0.717, 1.165) is 21.8 Å². The van der Waals surface area contributed by atoms with Crippen LogP contribution < -0.4 is 4.90 Å². The Balaban J connectivity index is 1.38. The van der Waals surface area contributed by atoms with Gasteiger partial charge in [-0.1, -0.05) is 11.3 Å². The summed E-state index contributed by atoms with van der Waals surface area (Å²) in [4.78, 5) is 21.4. The van der Waals surface area contributed by atoms with E-state index in [1.165, 1.54) is 34.0 Å². The predicted molar refractivity (Wildman–Crippen MR) is 108 cm³/mol. The summed E-state index contributed by atoms with van der Waals surface area (Å²) < 4.78 is 39.2. The van der Waals surface area contributed by atoms with Gasteiger partial charge in [0, 0.05) is 39.3 Å². The first-order valence-electron chi connectivity index (χ1n) is 9.36. The number of amides is 1. The highest BCUT2D eigenvalue weighted by molar-refractivity contribution is 7.88. The molecule has 2 aliphatic rings. The van der Waals surface area contributed by atoms with Gasteiger partial charge in [0.1, 0.15) is 5.82 Å². The first-order valence-corrected chi connectivity index (χ1v) is 12.0. The Hall–Kier alpha value is -1.78. The molecular formula is C18H23FN4O3S2. The molecule has 4 rings (SSSR count). The number of carbonyl (C=O) groups excluding carboxylic acids is 1. The number of fused-ring (bicyclic) bond motifs is 1. The summed E-state index contributed by atoms with van der Waals surface area (Å²) in [7, 11) is -3.26. The molecule has 7 nitrogen and oxygen atoms in total. The standard InChI is InChI=1S/C18H23FN4O3S2/c1-28(25,26)23-6-2-3-13(12-23)17(24)21-7-9-22(10-8-21)18-20-15-5-4-14(19)11-16(15)27-18/h4-5,11,13H,2-3,6-10,12H2,1H3/t13-/m0/s1. The number of carbonyl (C=O) groups is 1. The van der Waals surface area contributed by atoms with Crippen LogP contribution in [0.5, 0.6) is 0 Å². The zero-order chi connectivity index (χ0) is 19.9. The second-order valence-electron chi connectivity index (χ2n) is 7.38. The molecule has 2 aromatic rings. The fraction of sp³-hybridized carbons (Fsp3) is 0.556. The average molecular weight is 427 g/mol. The lowest BCUT2D eigenvalue weighted by molar-refractivity contribution is -0.137. The van der Waals surface area contributed by atoms with E-state index in [1.54, 1.807) is 6.07 Å². The van der Waals surface area contributed by atoms with Crippen molar-refractivity contribution in [2.24, 2.45) is 5.92 Å². The molecule has 0 spiro atoms. The van der Waals surface area contributed by atoms with Crippen molar-refractivity contribution in [1.29, 1.82) is 0 Å². The van der Waals surface area contributed by atoms with Crippen molar-refractivity contribution >= 4 is 42.6 Å². The van der Waals surface area contributed by atoms with E-state index >= 15 is 0 Å². The Morgan fingerprint density at radius 1 is 1.21 bits per heavy atom. The topological polar surface area (TPSA) is 73.8 Å². The van der Waals surface area contributed by atoms with E-state index in [4.69, 9.17) is 0 Å². The summed E-state index contributed by atoms with van der Waals surface area (Å²) in [5, 5.41) is 0.841. The molecule has 3 heterocycles. The third-order valence-corrected chi connectivity index (χ3v) is 7.75. The normalized spacial score (nSPS) is 22.0. The largest absolute Gasteiger partial charge is 0.345 e. The minimum absolute atomic E-state index is 0.0411. The first-order chi connectivity index (χ1) is 13.3. The number of nitrogens with zero attached hydrogens (tertiary/aromatic N) is 4. The number of sulfonamides is 1. The summed E-state index contributed by atoms with van der Waals surface area (Å²) in [6, 6.07) is 4.58. The van der Waals surface area contributed by atoms with Crippen LogP contribution in [0.1, 0.15) is 12.8 Å². The predicted octanol–water partition coefficient (Wildman–Crippen LogP) is 1.76. The van der Waals surface area contributed by atoms with E-state index in [0.29, 0.717) is 39.1 Å².